The zero-order valence-corrected chi connectivity index (χ0v) is 12.0. The van der Waals surface area contributed by atoms with Crippen LogP contribution >= 0.6 is 0 Å². The molecule has 2 N–H and O–H groups in total. The molecular weight excluding hydrogens is 269 g/mol. The first-order valence-corrected chi connectivity index (χ1v) is 6.51. The summed E-state index contributed by atoms with van der Waals surface area (Å²) in [5.74, 6) is -3.86. The molecule has 0 aliphatic heterocycles. The fourth-order valence-corrected chi connectivity index (χ4v) is 2.20. The van der Waals surface area contributed by atoms with Crippen molar-refractivity contribution in [2.45, 2.75) is 25.9 Å². The van der Waals surface area contributed by atoms with Gasteiger partial charge in [0.1, 0.15) is 0 Å². The SMILES string of the molecule is COCCN(C(C)C)C(CN)c1cc(F)c(F)c(F)c1. The molecule has 1 unspecified atom stereocenters. The van der Waals surface area contributed by atoms with Crippen molar-refractivity contribution < 1.29 is 17.9 Å². The van der Waals surface area contributed by atoms with E-state index in [2.05, 4.69) is 0 Å². The molecule has 1 aromatic rings. The van der Waals surface area contributed by atoms with Crippen LogP contribution in [-0.4, -0.2) is 37.7 Å². The average molecular weight is 290 g/mol. The van der Waals surface area contributed by atoms with E-state index < -0.39 is 23.5 Å². The maximum atomic E-state index is 13.4. The molecule has 0 radical (unpaired) electrons. The lowest BCUT2D eigenvalue weighted by Crippen LogP contribution is -2.40. The van der Waals surface area contributed by atoms with Crippen molar-refractivity contribution in [2.75, 3.05) is 26.8 Å². The molecule has 0 amide bonds. The Kier molecular flexibility index (Phi) is 6.45. The first-order valence-electron chi connectivity index (χ1n) is 6.51. The van der Waals surface area contributed by atoms with Crippen LogP contribution in [0.4, 0.5) is 13.2 Å². The van der Waals surface area contributed by atoms with E-state index in [4.69, 9.17) is 10.5 Å². The molecule has 0 spiro atoms. The molecule has 0 saturated carbocycles. The van der Waals surface area contributed by atoms with Crippen molar-refractivity contribution in [3.8, 4) is 0 Å². The van der Waals surface area contributed by atoms with Crippen LogP contribution in [0.1, 0.15) is 25.5 Å². The lowest BCUT2D eigenvalue weighted by molar-refractivity contribution is 0.0976. The monoisotopic (exact) mass is 290 g/mol. The third-order valence-electron chi connectivity index (χ3n) is 3.23. The Labute approximate surface area is 117 Å². The third-order valence-corrected chi connectivity index (χ3v) is 3.23. The molecule has 6 heteroatoms. The van der Waals surface area contributed by atoms with Gasteiger partial charge in [-0.3, -0.25) is 4.90 Å². The molecule has 1 atom stereocenters. The van der Waals surface area contributed by atoms with Crippen LogP contribution in [0.3, 0.4) is 0 Å². The predicted octanol–water partition coefficient (Wildman–Crippen LogP) is 2.46. The number of nitrogens with two attached hydrogens (primary N) is 1. The summed E-state index contributed by atoms with van der Waals surface area (Å²) < 4.78 is 44.8. The minimum absolute atomic E-state index is 0.106. The summed E-state index contributed by atoms with van der Waals surface area (Å²) in [6, 6.07) is 1.71. The van der Waals surface area contributed by atoms with Gasteiger partial charge in [-0.15, -0.1) is 0 Å². The second kappa shape index (κ2) is 7.61. The molecule has 1 rings (SSSR count). The van der Waals surface area contributed by atoms with Gasteiger partial charge in [0.05, 0.1) is 6.61 Å². The van der Waals surface area contributed by atoms with Crippen LogP contribution in [0.25, 0.3) is 0 Å². The fraction of sp³-hybridized carbons (Fsp3) is 0.571. The minimum atomic E-state index is -1.46. The summed E-state index contributed by atoms with van der Waals surface area (Å²) in [6.45, 7) is 5.12. The van der Waals surface area contributed by atoms with Crippen molar-refractivity contribution in [3.63, 3.8) is 0 Å². The van der Waals surface area contributed by atoms with Crippen LogP contribution in [-0.2, 0) is 4.74 Å². The Morgan fingerprint density at radius 3 is 2.15 bits per heavy atom. The van der Waals surface area contributed by atoms with Gasteiger partial charge >= 0.3 is 0 Å². The highest BCUT2D eigenvalue weighted by molar-refractivity contribution is 5.23. The summed E-state index contributed by atoms with van der Waals surface area (Å²) in [4.78, 5) is 1.97. The highest BCUT2D eigenvalue weighted by atomic mass is 19.2. The molecule has 0 bridgehead atoms. The van der Waals surface area contributed by atoms with Gasteiger partial charge in [-0.05, 0) is 31.5 Å². The van der Waals surface area contributed by atoms with E-state index in [9.17, 15) is 13.2 Å². The topological polar surface area (TPSA) is 38.5 Å². The Hall–Kier alpha value is -1.11. The Bertz CT molecular complexity index is 417. The third kappa shape index (κ3) is 3.94. The number of benzene rings is 1. The second-order valence-electron chi connectivity index (χ2n) is 4.87. The molecule has 0 aromatic heterocycles. The summed E-state index contributed by atoms with van der Waals surface area (Å²) in [6.07, 6.45) is 0. The number of nitrogens with zero attached hydrogens (tertiary/aromatic N) is 1. The second-order valence-corrected chi connectivity index (χ2v) is 4.87. The summed E-state index contributed by atoms with van der Waals surface area (Å²) in [5.41, 5.74) is 6.06. The maximum Gasteiger partial charge on any atom is 0.194 e. The number of halogens is 3. The maximum absolute atomic E-state index is 13.4. The predicted molar refractivity (Wildman–Crippen MR) is 71.8 cm³/mol. The van der Waals surface area contributed by atoms with E-state index >= 15 is 0 Å². The minimum Gasteiger partial charge on any atom is -0.383 e. The molecule has 3 nitrogen and oxygen atoms in total. The quantitative estimate of drug-likeness (QED) is 0.784. The number of methoxy groups -OCH3 is 1. The van der Waals surface area contributed by atoms with Crippen molar-refractivity contribution in [3.05, 3.63) is 35.1 Å². The number of ether oxygens (including phenoxy) is 1. The summed E-state index contributed by atoms with van der Waals surface area (Å²) >= 11 is 0. The van der Waals surface area contributed by atoms with Gasteiger partial charge in [-0.2, -0.15) is 0 Å². The molecule has 20 heavy (non-hydrogen) atoms. The number of hydrogen-bond acceptors (Lipinski definition) is 3. The summed E-state index contributed by atoms with van der Waals surface area (Å²) in [7, 11) is 1.58. The standard InChI is InChI=1S/C14H21F3N2O/c1-9(2)19(4-5-20-3)13(8-18)10-6-11(15)14(17)12(16)7-10/h6-7,9,13H,4-5,8,18H2,1-3H3. The van der Waals surface area contributed by atoms with Gasteiger partial charge in [0.2, 0.25) is 0 Å². The lowest BCUT2D eigenvalue weighted by atomic mass is 10.0. The molecule has 0 aliphatic carbocycles. The van der Waals surface area contributed by atoms with Crippen molar-refractivity contribution in [2.24, 2.45) is 5.73 Å². The van der Waals surface area contributed by atoms with Crippen LogP contribution in [0, 0.1) is 17.5 Å². The van der Waals surface area contributed by atoms with Crippen molar-refractivity contribution >= 4 is 0 Å². The smallest absolute Gasteiger partial charge is 0.194 e. The molecule has 1 aromatic carbocycles. The Balaban J connectivity index is 3.09. The van der Waals surface area contributed by atoms with Gasteiger partial charge in [0.25, 0.3) is 0 Å². The summed E-state index contributed by atoms with van der Waals surface area (Å²) in [5, 5.41) is 0. The van der Waals surface area contributed by atoms with Crippen molar-refractivity contribution in [1.82, 2.24) is 4.90 Å². The number of hydrogen-bond donors (Lipinski definition) is 1. The van der Waals surface area contributed by atoms with E-state index in [0.717, 1.165) is 12.1 Å². The van der Waals surface area contributed by atoms with Gasteiger partial charge in [0, 0.05) is 32.3 Å². The largest absolute Gasteiger partial charge is 0.383 e. The molecule has 0 fully saturated rings. The zero-order valence-electron chi connectivity index (χ0n) is 12.0. The van der Waals surface area contributed by atoms with E-state index in [-0.39, 0.29) is 12.6 Å². The van der Waals surface area contributed by atoms with E-state index in [1.807, 2.05) is 18.7 Å². The Morgan fingerprint density at radius 2 is 1.75 bits per heavy atom. The van der Waals surface area contributed by atoms with Crippen LogP contribution in [0.5, 0.6) is 0 Å². The molecule has 114 valence electrons. The van der Waals surface area contributed by atoms with Crippen LogP contribution < -0.4 is 5.73 Å². The highest BCUT2D eigenvalue weighted by Gasteiger charge is 2.24. The molecule has 0 heterocycles. The van der Waals surface area contributed by atoms with Gasteiger partial charge in [-0.1, -0.05) is 0 Å². The number of rotatable bonds is 7. The lowest BCUT2D eigenvalue weighted by Gasteiger charge is -2.34. The first kappa shape index (κ1) is 16.9. The molecular formula is C14H21F3N2O. The fourth-order valence-electron chi connectivity index (χ4n) is 2.20. The normalized spacial score (nSPS) is 13.2. The highest BCUT2D eigenvalue weighted by Crippen LogP contribution is 2.25. The zero-order chi connectivity index (χ0) is 15.3. The van der Waals surface area contributed by atoms with Crippen LogP contribution in [0.15, 0.2) is 12.1 Å². The van der Waals surface area contributed by atoms with Gasteiger partial charge in [0.15, 0.2) is 17.5 Å². The van der Waals surface area contributed by atoms with Gasteiger partial charge < -0.3 is 10.5 Å². The van der Waals surface area contributed by atoms with E-state index in [0.29, 0.717) is 18.7 Å². The molecule has 0 saturated heterocycles. The first-order chi connectivity index (χ1) is 9.42. The Morgan fingerprint density at radius 1 is 1.20 bits per heavy atom. The molecule has 0 aliphatic rings. The van der Waals surface area contributed by atoms with Gasteiger partial charge in [-0.25, -0.2) is 13.2 Å². The van der Waals surface area contributed by atoms with Crippen LogP contribution in [0.2, 0.25) is 0 Å². The van der Waals surface area contributed by atoms with E-state index in [1.54, 1.807) is 7.11 Å². The van der Waals surface area contributed by atoms with E-state index in [1.165, 1.54) is 0 Å². The van der Waals surface area contributed by atoms with Crippen molar-refractivity contribution in [1.29, 1.82) is 0 Å². The average Bonchev–Trinajstić information content (AvgIpc) is 2.39.